The van der Waals surface area contributed by atoms with Crippen molar-refractivity contribution in [2.24, 2.45) is 0 Å². The van der Waals surface area contributed by atoms with E-state index in [0.29, 0.717) is 22.9 Å². The van der Waals surface area contributed by atoms with Gasteiger partial charge >= 0.3 is 0 Å². The number of nitrogens with zero attached hydrogens (tertiary/aromatic N) is 3. The van der Waals surface area contributed by atoms with Crippen molar-refractivity contribution in [3.05, 3.63) is 52.3 Å². The molecule has 2 rings (SSSR count). The fourth-order valence-corrected chi connectivity index (χ4v) is 2.49. The van der Waals surface area contributed by atoms with Gasteiger partial charge in [-0.1, -0.05) is 18.2 Å². The van der Waals surface area contributed by atoms with Gasteiger partial charge < -0.3 is 10.2 Å². The van der Waals surface area contributed by atoms with Crippen molar-refractivity contribution in [2.45, 2.75) is 0 Å². The van der Waals surface area contributed by atoms with Crippen molar-refractivity contribution in [1.82, 2.24) is 15.2 Å². The average molecular weight is 343 g/mol. The van der Waals surface area contributed by atoms with Gasteiger partial charge in [-0.15, -0.1) is 11.3 Å². The highest BCUT2D eigenvalue weighted by molar-refractivity contribution is 7.14. The predicted octanol–water partition coefficient (Wildman–Crippen LogP) is 2.24. The van der Waals surface area contributed by atoms with Crippen LogP contribution in [0.1, 0.15) is 20.8 Å². The molecule has 0 aliphatic heterocycles. The Balaban J connectivity index is 1.96. The van der Waals surface area contributed by atoms with E-state index >= 15 is 0 Å². The van der Waals surface area contributed by atoms with E-state index in [-0.39, 0.29) is 17.5 Å². The van der Waals surface area contributed by atoms with Gasteiger partial charge in [-0.05, 0) is 20.2 Å². The van der Waals surface area contributed by atoms with Crippen molar-refractivity contribution in [2.75, 3.05) is 32.5 Å². The zero-order valence-electron chi connectivity index (χ0n) is 13.4. The Hall–Kier alpha value is -2.76. The van der Waals surface area contributed by atoms with Crippen molar-refractivity contribution in [3.63, 3.8) is 0 Å². The number of aromatic nitrogens is 1. The molecule has 0 aliphatic rings. The summed E-state index contributed by atoms with van der Waals surface area (Å²) in [6.45, 7) is 8.23. The first kappa shape index (κ1) is 17.6. The van der Waals surface area contributed by atoms with Gasteiger partial charge in [0.1, 0.15) is 5.69 Å². The van der Waals surface area contributed by atoms with Gasteiger partial charge in [0.05, 0.1) is 6.57 Å². The van der Waals surface area contributed by atoms with Crippen LogP contribution >= 0.6 is 11.3 Å². The highest BCUT2D eigenvalue weighted by Gasteiger charge is 2.13. The smallest absolute Gasteiger partial charge is 0.270 e. The molecule has 2 N–H and O–H groups in total. The van der Waals surface area contributed by atoms with Crippen LogP contribution in [-0.2, 0) is 0 Å². The minimum Gasteiger partial charge on any atom is -0.349 e. The molecule has 0 aliphatic carbocycles. The Morgan fingerprint density at radius 3 is 2.83 bits per heavy atom. The lowest BCUT2D eigenvalue weighted by Gasteiger charge is -2.09. The number of rotatable bonds is 6. The van der Waals surface area contributed by atoms with E-state index in [4.69, 9.17) is 6.57 Å². The van der Waals surface area contributed by atoms with E-state index in [9.17, 15) is 9.59 Å². The van der Waals surface area contributed by atoms with Crippen molar-refractivity contribution < 1.29 is 9.59 Å². The number of carbonyl (C=O) groups is 2. The third-order valence-corrected chi connectivity index (χ3v) is 3.80. The van der Waals surface area contributed by atoms with E-state index in [2.05, 4.69) is 20.5 Å². The largest absolute Gasteiger partial charge is 0.349 e. The minimum atomic E-state index is -0.366. The lowest BCUT2D eigenvalue weighted by atomic mass is 10.2. The molecule has 1 aromatic heterocycles. The van der Waals surface area contributed by atoms with E-state index < -0.39 is 0 Å². The Labute approximate surface area is 144 Å². The van der Waals surface area contributed by atoms with Crippen LogP contribution < -0.4 is 10.6 Å². The molecule has 24 heavy (non-hydrogen) atoms. The van der Waals surface area contributed by atoms with Crippen LogP contribution in [0.2, 0.25) is 0 Å². The first-order valence-electron chi connectivity index (χ1n) is 7.17. The van der Waals surface area contributed by atoms with Crippen LogP contribution in [0, 0.1) is 6.57 Å². The molecule has 8 heteroatoms. The highest BCUT2D eigenvalue weighted by atomic mass is 32.1. The second-order valence-corrected chi connectivity index (χ2v) is 6.07. The van der Waals surface area contributed by atoms with Gasteiger partial charge in [0.15, 0.2) is 10.8 Å². The molecule has 124 valence electrons. The number of nitrogens with one attached hydrogen (secondary N) is 2. The highest BCUT2D eigenvalue weighted by Crippen LogP contribution is 2.18. The first-order chi connectivity index (χ1) is 11.5. The number of benzene rings is 1. The number of thiazole rings is 1. The number of likely N-dealkylation sites (N-methyl/N-ethyl adjacent to an activating group) is 1. The number of carbonyl (C=O) groups excluding carboxylic acids is 2. The van der Waals surface area contributed by atoms with Crippen LogP contribution in [-0.4, -0.2) is 48.9 Å². The zero-order valence-corrected chi connectivity index (χ0v) is 14.2. The maximum atomic E-state index is 12.2. The molecule has 0 radical (unpaired) electrons. The topological polar surface area (TPSA) is 78.7 Å². The number of hydrogen-bond donors (Lipinski definition) is 2. The SMILES string of the molecule is [C-]#[N+]c1cccc(C(=O)Nc2nc(C(=O)NCCN(C)C)cs2)c1. The molecule has 0 fully saturated rings. The summed E-state index contributed by atoms with van der Waals surface area (Å²) in [7, 11) is 3.84. The molecule has 1 aromatic carbocycles. The zero-order chi connectivity index (χ0) is 17.5. The van der Waals surface area contributed by atoms with Crippen LogP contribution in [0.25, 0.3) is 4.85 Å². The van der Waals surface area contributed by atoms with Crippen LogP contribution in [0.4, 0.5) is 10.8 Å². The van der Waals surface area contributed by atoms with Crippen molar-refractivity contribution >= 4 is 34.0 Å². The van der Waals surface area contributed by atoms with Gasteiger partial charge in [0.2, 0.25) is 0 Å². The predicted molar refractivity (Wildman–Crippen MR) is 93.7 cm³/mol. The van der Waals surface area contributed by atoms with Crippen molar-refractivity contribution in [3.8, 4) is 0 Å². The van der Waals surface area contributed by atoms with Gasteiger partial charge in [-0.3, -0.25) is 14.9 Å². The van der Waals surface area contributed by atoms with Gasteiger partial charge in [-0.25, -0.2) is 9.83 Å². The summed E-state index contributed by atoms with van der Waals surface area (Å²) >= 11 is 1.18. The van der Waals surface area contributed by atoms with E-state index in [1.54, 1.807) is 23.6 Å². The average Bonchev–Trinajstić information content (AvgIpc) is 3.03. The lowest BCUT2D eigenvalue weighted by molar-refractivity contribution is 0.0945. The van der Waals surface area contributed by atoms with Gasteiger partial charge in [0.25, 0.3) is 11.8 Å². The van der Waals surface area contributed by atoms with Gasteiger partial charge in [0, 0.05) is 24.0 Å². The fraction of sp³-hybridized carbons (Fsp3) is 0.250. The molecule has 0 spiro atoms. The molecular weight excluding hydrogens is 326 g/mol. The third-order valence-electron chi connectivity index (χ3n) is 3.04. The number of hydrogen-bond acceptors (Lipinski definition) is 5. The van der Waals surface area contributed by atoms with Crippen LogP contribution in [0.5, 0.6) is 0 Å². The molecule has 0 bridgehead atoms. The maximum Gasteiger partial charge on any atom is 0.270 e. The van der Waals surface area contributed by atoms with E-state index in [1.165, 1.54) is 17.4 Å². The fourth-order valence-electron chi connectivity index (χ4n) is 1.81. The molecule has 2 amide bonds. The molecule has 1 heterocycles. The molecule has 0 atom stereocenters. The monoisotopic (exact) mass is 343 g/mol. The van der Waals surface area contributed by atoms with Crippen LogP contribution in [0.3, 0.4) is 0 Å². The van der Waals surface area contributed by atoms with Gasteiger partial charge in [-0.2, -0.15) is 0 Å². The second-order valence-electron chi connectivity index (χ2n) is 5.21. The summed E-state index contributed by atoms with van der Waals surface area (Å²) in [5.41, 5.74) is 1.03. The molecule has 2 aromatic rings. The summed E-state index contributed by atoms with van der Waals surface area (Å²) in [5.74, 6) is -0.641. The number of anilines is 1. The Morgan fingerprint density at radius 1 is 1.33 bits per heavy atom. The Bertz CT molecular complexity index is 779. The van der Waals surface area contributed by atoms with Crippen LogP contribution in [0.15, 0.2) is 29.6 Å². The van der Waals surface area contributed by atoms with E-state index in [1.807, 2.05) is 19.0 Å². The molecule has 0 saturated carbocycles. The second kappa shape index (κ2) is 8.19. The summed E-state index contributed by atoms with van der Waals surface area (Å²) in [5, 5.41) is 7.33. The Kier molecular flexibility index (Phi) is 6.01. The summed E-state index contributed by atoms with van der Waals surface area (Å²) < 4.78 is 0. The molecular formula is C16H17N5O2S. The molecule has 7 nitrogen and oxygen atoms in total. The molecule has 0 unspecified atom stereocenters. The van der Waals surface area contributed by atoms with Crippen molar-refractivity contribution in [1.29, 1.82) is 0 Å². The maximum absolute atomic E-state index is 12.2. The molecule has 0 saturated heterocycles. The quantitative estimate of drug-likeness (QED) is 0.789. The standard InChI is InChI=1S/C16H17N5O2S/c1-17-12-6-4-5-11(9-12)14(22)20-16-19-13(10-24-16)15(23)18-7-8-21(2)3/h4-6,9-10H,7-8H2,2-3H3,(H,18,23)(H,19,20,22). The Morgan fingerprint density at radius 2 is 2.12 bits per heavy atom. The number of amides is 2. The summed E-state index contributed by atoms with van der Waals surface area (Å²) in [6.07, 6.45) is 0. The minimum absolute atomic E-state index is 0.268. The first-order valence-corrected chi connectivity index (χ1v) is 8.05. The summed E-state index contributed by atoms with van der Waals surface area (Å²) in [6, 6.07) is 6.40. The lowest BCUT2D eigenvalue weighted by Crippen LogP contribution is -2.31. The van der Waals surface area contributed by atoms with E-state index in [0.717, 1.165) is 6.54 Å². The summed E-state index contributed by atoms with van der Waals surface area (Å²) in [4.78, 5) is 33.5. The third kappa shape index (κ3) is 4.87. The normalized spacial score (nSPS) is 10.2.